The Labute approximate surface area is 360 Å². The maximum atomic E-state index is 12.3. The zero-order valence-electron chi connectivity index (χ0n) is 34.4. The SMILES string of the molecule is O=C(CCCCCN(CCO[C@H]1OC[C@@H](O)CC1O)CCO[C@H]1OC(CO[C@H]2OC(CO)[C@@H](O)C(O)C2O)[C@@H](O)C(O[C@H]2OC(CO)[C@@H](O)C(O)C2O)C1O)ON1C(=O)CCC1=O. The smallest absolute Gasteiger partial charge is 0.333 e. The van der Waals surface area contributed by atoms with Gasteiger partial charge >= 0.3 is 5.97 Å². The highest BCUT2D eigenvalue weighted by Gasteiger charge is 2.52. The van der Waals surface area contributed by atoms with Crippen LogP contribution in [0.2, 0.25) is 0 Å². The molecule has 0 aromatic rings. The molecule has 0 aromatic heterocycles. The first-order valence-electron chi connectivity index (χ1n) is 20.9. The van der Waals surface area contributed by atoms with Gasteiger partial charge in [0.05, 0.1) is 45.7 Å². The zero-order valence-corrected chi connectivity index (χ0v) is 34.4. The molecule has 12 N–H and O–H groups in total. The second-order valence-corrected chi connectivity index (χ2v) is 16.0. The molecule has 5 saturated heterocycles. The van der Waals surface area contributed by atoms with Crippen LogP contribution in [-0.2, 0) is 57.1 Å². The molecule has 2 amide bonds. The van der Waals surface area contributed by atoms with E-state index in [9.17, 15) is 75.7 Å². The summed E-state index contributed by atoms with van der Waals surface area (Å²) in [5.74, 6) is -1.92. The van der Waals surface area contributed by atoms with Gasteiger partial charge in [-0.3, -0.25) is 14.5 Å². The average molecular weight is 919 g/mol. The molecule has 0 saturated carbocycles. The number of aliphatic hydroxyl groups is 12. The zero-order chi connectivity index (χ0) is 46.0. The summed E-state index contributed by atoms with van der Waals surface area (Å²) in [5, 5.41) is 125. The van der Waals surface area contributed by atoms with Crippen LogP contribution in [0.3, 0.4) is 0 Å². The van der Waals surface area contributed by atoms with E-state index in [1.165, 1.54) is 0 Å². The molecule has 0 aliphatic carbocycles. The van der Waals surface area contributed by atoms with Crippen molar-refractivity contribution in [1.29, 1.82) is 0 Å². The lowest BCUT2D eigenvalue weighted by molar-refractivity contribution is -0.366. The van der Waals surface area contributed by atoms with Crippen molar-refractivity contribution >= 4 is 17.8 Å². The van der Waals surface area contributed by atoms with E-state index in [0.717, 1.165) is 0 Å². The Morgan fingerprint density at radius 1 is 0.619 bits per heavy atom. The molecule has 26 heteroatoms. The standard InChI is InChI=1S/C37H62N2O24/c40-13-19-25(47)28(50)30(52)35(59-19)58-16-21-27(49)33(62-37-31(53)29(51)26(48)20(14-41)60-37)32(54)36(61-21)56-11-9-38(8-10-55-34-18(43)12-17(42)15-57-34)7-3-1-2-4-24(46)63-39-22(44)5-6-23(39)45/h17-21,25-37,40-43,47-54H,1-16H2/t17-,18?,19?,20?,21?,25+,26+,27+,28?,29?,30?,31?,32?,33?,34-,35-,36-,37+/m0/s1. The third kappa shape index (κ3) is 13.7. The summed E-state index contributed by atoms with van der Waals surface area (Å²) < 4.78 is 45.1. The number of hydrogen-bond donors (Lipinski definition) is 12. The van der Waals surface area contributed by atoms with Gasteiger partial charge in [0.25, 0.3) is 11.8 Å². The number of ether oxygens (including phenoxy) is 8. The number of hydrogen-bond acceptors (Lipinski definition) is 25. The molecule has 26 nitrogen and oxygen atoms in total. The number of hydroxylamine groups is 2. The van der Waals surface area contributed by atoms with Gasteiger partial charge in [0, 0.05) is 38.8 Å². The van der Waals surface area contributed by atoms with Crippen molar-refractivity contribution in [3.05, 3.63) is 0 Å². The molecule has 10 unspecified atom stereocenters. The molecule has 364 valence electrons. The van der Waals surface area contributed by atoms with Crippen molar-refractivity contribution in [3.63, 3.8) is 0 Å². The van der Waals surface area contributed by atoms with E-state index in [-0.39, 0.29) is 58.6 Å². The number of imide groups is 1. The third-order valence-corrected chi connectivity index (χ3v) is 11.3. The molecular weight excluding hydrogens is 856 g/mol. The van der Waals surface area contributed by atoms with Crippen LogP contribution < -0.4 is 0 Å². The van der Waals surface area contributed by atoms with Crippen molar-refractivity contribution < 1.29 is 118 Å². The van der Waals surface area contributed by atoms with Crippen molar-refractivity contribution in [2.24, 2.45) is 0 Å². The molecule has 0 aromatic carbocycles. The predicted octanol–water partition coefficient (Wildman–Crippen LogP) is -7.59. The van der Waals surface area contributed by atoms with Crippen molar-refractivity contribution in [2.45, 2.75) is 156 Å². The second-order valence-electron chi connectivity index (χ2n) is 16.0. The lowest BCUT2D eigenvalue weighted by Gasteiger charge is -2.46. The minimum Gasteiger partial charge on any atom is -0.394 e. The second kappa shape index (κ2) is 24.5. The Morgan fingerprint density at radius 2 is 1.17 bits per heavy atom. The largest absolute Gasteiger partial charge is 0.394 e. The van der Waals surface area contributed by atoms with E-state index < -0.39 is 148 Å². The van der Waals surface area contributed by atoms with Gasteiger partial charge in [-0.05, 0) is 19.4 Å². The predicted molar refractivity (Wildman–Crippen MR) is 199 cm³/mol. The van der Waals surface area contributed by atoms with E-state index in [1.54, 1.807) is 0 Å². The van der Waals surface area contributed by atoms with Gasteiger partial charge < -0.3 is 104 Å². The first kappa shape index (κ1) is 51.7. The Hall–Kier alpha value is -2.23. The maximum absolute atomic E-state index is 12.3. The van der Waals surface area contributed by atoms with Gasteiger partial charge in [0.2, 0.25) is 0 Å². The summed E-state index contributed by atoms with van der Waals surface area (Å²) >= 11 is 0. The summed E-state index contributed by atoms with van der Waals surface area (Å²) in [6, 6.07) is 0. The number of unbranched alkanes of at least 4 members (excludes halogenated alkanes) is 2. The molecule has 63 heavy (non-hydrogen) atoms. The highest BCUT2D eigenvalue weighted by atomic mass is 16.8. The minimum atomic E-state index is -1.93. The van der Waals surface area contributed by atoms with Crippen LogP contribution >= 0.6 is 0 Å². The molecule has 5 fully saturated rings. The highest BCUT2D eigenvalue weighted by Crippen LogP contribution is 2.31. The van der Waals surface area contributed by atoms with E-state index in [4.69, 9.17) is 42.7 Å². The first-order chi connectivity index (χ1) is 30.0. The number of carbonyl (C=O) groups is 3. The number of rotatable bonds is 22. The quantitative estimate of drug-likeness (QED) is 0.0354. The summed E-state index contributed by atoms with van der Waals surface area (Å²) in [6.45, 7) is -1.61. The Morgan fingerprint density at radius 3 is 1.78 bits per heavy atom. The number of nitrogens with zero attached hydrogens (tertiary/aromatic N) is 2. The molecule has 5 aliphatic rings. The Bertz CT molecular complexity index is 1420. The topological polar surface area (TPSA) is 384 Å². The Kier molecular flexibility index (Phi) is 20.1. The van der Waals surface area contributed by atoms with Crippen LogP contribution in [0.1, 0.15) is 44.9 Å². The molecule has 0 bridgehead atoms. The molecule has 5 rings (SSSR count). The summed E-state index contributed by atoms with van der Waals surface area (Å²) in [6.07, 6.45) is -27.2. The molecule has 5 heterocycles. The van der Waals surface area contributed by atoms with E-state index in [1.807, 2.05) is 4.90 Å². The third-order valence-electron chi connectivity index (χ3n) is 11.3. The Balaban J connectivity index is 1.22. The molecule has 18 atom stereocenters. The fourth-order valence-corrected chi connectivity index (χ4v) is 7.52. The summed E-state index contributed by atoms with van der Waals surface area (Å²) in [4.78, 5) is 42.6. The van der Waals surface area contributed by atoms with Gasteiger partial charge in [-0.1, -0.05) is 6.42 Å². The fraction of sp³-hybridized carbons (Fsp3) is 0.919. The normalized spacial score (nSPS) is 40.2. The van der Waals surface area contributed by atoms with Crippen LogP contribution in [0, 0.1) is 0 Å². The molecule has 5 aliphatic heterocycles. The van der Waals surface area contributed by atoms with E-state index in [0.29, 0.717) is 30.9 Å². The monoisotopic (exact) mass is 918 g/mol. The lowest BCUT2D eigenvalue weighted by Crippen LogP contribution is -2.65. The maximum Gasteiger partial charge on any atom is 0.333 e. The molecule has 0 spiro atoms. The van der Waals surface area contributed by atoms with Gasteiger partial charge in [0.15, 0.2) is 25.2 Å². The summed E-state index contributed by atoms with van der Waals surface area (Å²) in [7, 11) is 0. The number of aliphatic hydroxyl groups excluding tert-OH is 12. The van der Waals surface area contributed by atoms with Crippen molar-refractivity contribution in [1.82, 2.24) is 9.96 Å². The van der Waals surface area contributed by atoms with Crippen molar-refractivity contribution in [3.8, 4) is 0 Å². The van der Waals surface area contributed by atoms with Crippen LogP contribution in [-0.4, -0.2) is 259 Å². The lowest BCUT2D eigenvalue weighted by atomic mass is 9.96. The molecule has 0 radical (unpaired) electrons. The average Bonchev–Trinajstić information content (AvgIpc) is 3.57. The number of carbonyl (C=O) groups excluding carboxylic acids is 3. The first-order valence-corrected chi connectivity index (χ1v) is 20.9. The molecular formula is C37H62N2O24. The van der Waals surface area contributed by atoms with Crippen LogP contribution in [0.5, 0.6) is 0 Å². The van der Waals surface area contributed by atoms with Gasteiger partial charge in [-0.25, -0.2) is 4.79 Å². The van der Waals surface area contributed by atoms with E-state index >= 15 is 0 Å². The number of amides is 2. The van der Waals surface area contributed by atoms with Gasteiger partial charge in [-0.15, -0.1) is 5.06 Å². The minimum absolute atomic E-state index is 0.0319. The fourth-order valence-electron chi connectivity index (χ4n) is 7.52. The van der Waals surface area contributed by atoms with Gasteiger partial charge in [0.1, 0.15) is 79.4 Å². The van der Waals surface area contributed by atoms with Crippen molar-refractivity contribution in [2.75, 3.05) is 59.3 Å². The van der Waals surface area contributed by atoms with Gasteiger partial charge in [-0.2, -0.15) is 0 Å². The van der Waals surface area contributed by atoms with Crippen LogP contribution in [0.25, 0.3) is 0 Å². The highest BCUT2D eigenvalue weighted by molar-refractivity contribution is 6.01. The van der Waals surface area contributed by atoms with Crippen LogP contribution in [0.4, 0.5) is 0 Å². The van der Waals surface area contributed by atoms with E-state index in [2.05, 4.69) is 0 Å². The summed E-state index contributed by atoms with van der Waals surface area (Å²) in [5.41, 5.74) is 0. The van der Waals surface area contributed by atoms with Crippen LogP contribution in [0.15, 0.2) is 0 Å².